The number of aryl methyl sites for hydroxylation is 2. The maximum absolute atomic E-state index is 6.00. The Morgan fingerprint density at radius 3 is 2.57 bits per heavy atom. The SMILES string of the molecule is Cc1ccc(N(C)Cc2cc(C)c(CNC3CC3)o2)cc1. The second-order valence-electron chi connectivity index (χ2n) is 6.17. The lowest BCUT2D eigenvalue weighted by Gasteiger charge is -2.18. The minimum atomic E-state index is 0.716. The maximum Gasteiger partial charge on any atom is 0.123 e. The Labute approximate surface area is 127 Å². The third kappa shape index (κ3) is 3.67. The van der Waals surface area contributed by atoms with Crippen LogP contribution in [0.25, 0.3) is 0 Å². The van der Waals surface area contributed by atoms with Crippen LogP contribution < -0.4 is 10.2 Å². The first-order valence-corrected chi connectivity index (χ1v) is 7.71. The van der Waals surface area contributed by atoms with Crippen LogP contribution in [-0.2, 0) is 13.1 Å². The molecule has 1 heterocycles. The quantitative estimate of drug-likeness (QED) is 0.875. The highest BCUT2D eigenvalue weighted by Gasteiger charge is 2.21. The zero-order valence-electron chi connectivity index (χ0n) is 13.1. The van der Waals surface area contributed by atoms with Crippen molar-refractivity contribution in [2.24, 2.45) is 0 Å². The lowest BCUT2D eigenvalue weighted by molar-refractivity contribution is 0.443. The van der Waals surface area contributed by atoms with Gasteiger partial charge in [0.05, 0.1) is 13.1 Å². The molecule has 21 heavy (non-hydrogen) atoms. The van der Waals surface area contributed by atoms with Gasteiger partial charge < -0.3 is 14.6 Å². The molecule has 3 nitrogen and oxygen atoms in total. The molecule has 1 N–H and O–H groups in total. The first kappa shape index (κ1) is 14.2. The Balaban J connectivity index is 1.63. The third-order valence-electron chi connectivity index (χ3n) is 4.07. The van der Waals surface area contributed by atoms with Crippen molar-refractivity contribution in [2.45, 2.75) is 45.8 Å². The fourth-order valence-electron chi connectivity index (χ4n) is 2.49. The van der Waals surface area contributed by atoms with Crippen LogP contribution in [0.5, 0.6) is 0 Å². The van der Waals surface area contributed by atoms with E-state index in [4.69, 9.17) is 4.42 Å². The van der Waals surface area contributed by atoms with Crippen molar-refractivity contribution >= 4 is 5.69 Å². The average molecular weight is 284 g/mol. The average Bonchev–Trinajstić information content (AvgIpc) is 3.22. The molecule has 1 aromatic carbocycles. The van der Waals surface area contributed by atoms with Gasteiger partial charge >= 0.3 is 0 Å². The minimum Gasteiger partial charge on any atom is -0.463 e. The van der Waals surface area contributed by atoms with Gasteiger partial charge in [-0.1, -0.05) is 17.7 Å². The van der Waals surface area contributed by atoms with Crippen molar-refractivity contribution in [1.29, 1.82) is 0 Å². The number of anilines is 1. The molecule has 0 bridgehead atoms. The van der Waals surface area contributed by atoms with Crippen molar-refractivity contribution in [3.8, 4) is 0 Å². The number of benzene rings is 1. The third-order valence-corrected chi connectivity index (χ3v) is 4.07. The second kappa shape index (κ2) is 5.94. The highest BCUT2D eigenvalue weighted by molar-refractivity contribution is 5.47. The number of rotatable bonds is 6. The summed E-state index contributed by atoms with van der Waals surface area (Å²) in [6, 6.07) is 11.5. The van der Waals surface area contributed by atoms with Crippen LogP contribution in [0.2, 0.25) is 0 Å². The van der Waals surface area contributed by atoms with Crippen LogP contribution in [0, 0.1) is 13.8 Å². The fraction of sp³-hybridized carbons (Fsp3) is 0.444. The molecule has 0 unspecified atom stereocenters. The van der Waals surface area contributed by atoms with Gasteiger partial charge in [-0.25, -0.2) is 0 Å². The van der Waals surface area contributed by atoms with Crippen molar-refractivity contribution in [3.05, 3.63) is 53.0 Å². The fourth-order valence-corrected chi connectivity index (χ4v) is 2.49. The highest BCUT2D eigenvalue weighted by Crippen LogP contribution is 2.22. The van der Waals surface area contributed by atoms with Crippen LogP contribution in [0.3, 0.4) is 0 Å². The van der Waals surface area contributed by atoms with Gasteiger partial charge in [0.2, 0.25) is 0 Å². The van der Waals surface area contributed by atoms with Gasteiger partial charge in [0.1, 0.15) is 11.5 Å². The van der Waals surface area contributed by atoms with Gasteiger partial charge in [-0.2, -0.15) is 0 Å². The first-order chi connectivity index (χ1) is 10.1. The summed E-state index contributed by atoms with van der Waals surface area (Å²) in [5.74, 6) is 2.11. The van der Waals surface area contributed by atoms with E-state index in [-0.39, 0.29) is 0 Å². The van der Waals surface area contributed by atoms with E-state index in [2.05, 4.69) is 61.4 Å². The molecule has 0 spiro atoms. The van der Waals surface area contributed by atoms with Gasteiger partial charge in [-0.05, 0) is 50.5 Å². The molecule has 3 heteroatoms. The summed E-state index contributed by atoms with van der Waals surface area (Å²) >= 11 is 0. The molecule has 112 valence electrons. The topological polar surface area (TPSA) is 28.4 Å². The molecule has 1 aliphatic rings. The number of furan rings is 1. The molecule has 0 radical (unpaired) electrons. The van der Waals surface area contributed by atoms with E-state index in [0.29, 0.717) is 6.04 Å². The standard InChI is InChI=1S/C18H24N2O/c1-13-4-8-16(9-5-13)20(3)12-17-10-14(2)18(21-17)11-19-15-6-7-15/h4-5,8-10,15,19H,6-7,11-12H2,1-3H3. The summed E-state index contributed by atoms with van der Waals surface area (Å²) in [5, 5.41) is 3.51. The van der Waals surface area contributed by atoms with Gasteiger partial charge in [-0.15, -0.1) is 0 Å². The molecule has 1 fully saturated rings. The van der Waals surface area contributed by atoms with Gasteiger partial charge in [0, 0.05) is 18.8 Å². The summed E-state index contributed by atoms with van der Waals surface area (Å²) in [6.07, 6.45) is 2.62. The van der Waals surface area contributed by atoms with E-state index in [9.17, 15) is 0 Å². The Morgan fingerprint density at radius 1 is 1.19 bits per heavy atom. The van der Waals surface area contributed by atoms with Gasteiger partial charge in [0.25, 0.3) is 0 Å². The van der Waals surface area contributed by atoms with E-state index in [1.807, 2.05) is 0 Å². The van der Waals surface area contributed by atoms with Gasteiger partial charge in [-0.3, -0.25) is 0 Å². The molecule has 0 amide bonds. The second-order valence-corrected chi connectivity index (χ2v) is 6.17. The molecule has 2 aromatic rings. The predicted octanol–water partition coefficient (Wildman–Crippen LogP) is 3.78. The first-order valence-electron chi connectivity index (χ1n) is 7.71. The zero-order chi connectivity index (χ0) is 14.8. The van der Waals surface area contributed by atoms with Crippen molar-refractivity contribution < 1.29 is 4.42 Å². The lowest BCUT2D eigenvalue weighted by atomic mass is 10.2. The number of hydrogen-bond acceptors (Lipinski definition) is 3. The van der Waals surface area contributed by atoms with Crippen molar-refractivity contribution in [2.75, 3.05) is 11.9 Å². The normalized spacial score (nSPS) is 14.4. The lowest BCUT2D eigenvalue weighted by Crippen LogP contribution is -2.16. The van der Waals surface area contributed by atoms with E-state index in [0.717, 1.165) is 24.6 Å². The molecule has 1 aliphatic carbocycles. The highest BCUT2D eigenvalue weighted by atomic mass is 16.3. The van der Waals surface area contributed by atoms with Crippen LogP contribution in [0.15, 0.2) is 34.7 Å². The largest absolute Gasteiger partial charge is 0.463 e. The van der Waals surface area contributed by atoms with E-state index in [1.54, 1.807) is 0 Å². The summed E-state index contributed by atoms with van der Waals surface area (Å²) in [7, 11) is 2.10. The molecule has 1 saturated carbocycles. The Hall–Kier alpha value is -1.74. The predicted molar refractivity (Wildman–Crippen MR) is 86.6 cm³/mol. The summed E-state index contributed by atoms with van der Waals surface area (Å²) in [4.78, 5) is 2.22. The smallest absolute Gasteiger partial charge is 0.123 e. The van der Waals surface area contributed by atoms with Gasteiger partial charge in [0.15, 0.2) is 0 Å². The van der Waals surface area contributed by atoms with E-state index in [1.165, 1.54) is 29.7 Å². The number of hydrogen-bond donors (Lipinski definition) is 1. The maximum atomic E-state index is 6.00. The van der Waals surface area contributed by atoms with Crippen LogP contribution >= 0.6 is 0 Å². The molecule has 3 rings (SSSR count). The molecular formula is C18H24N2O. The molecular weight excluding hydrogens is 260 g/mol. The van der Waals surface area contributed by atoms with Crippen molar-refractivity contribution in [3.63, 3.8) is 0 Å². The number of nitrogens with one attached hydrogen (secondary N) is 1. The Morgan fingerprint density at radius 2 is 1.90 bits per heavy atom. The molecule has 0 atom stereocenters. The van der Waals surface area contributed by atoms with E-state index >= 15 is 0 Å². The molecule has 0 saturated heterocycles. The number of nitrogens with zero attached hydrogens (tertiary/aromatic N) is 1. The zero-order valence-corrected chi connectivity index (χ0v) is 13.1. The minimum absolute atomic E-state index is 0.716. The molecule has 0 aliphatic heterocycles. The molecule has 1 aromatic heterocycles. The van der Waals surface area contributed by atoms with Crippen LogP contribution in [0.4, 0.5) is 5.69 Å². The monoisotopic (exact) mass is 284 g/mol. The summed E-state index contributed by atoms with van der Waals surface area (Å²) in [5.41, 5.74) is 3.75. The van der Waals surface area contributed by atoms with Crippen LogP contribution in [-0.4, -0.2) is 13.1 Å². The summed E-state index contributed by atoms with van der Waals surface area (Å²) < 4.78 is 6.00. The van der Waals surface area contributed by atoms with Crippen LogP contribution in [0.1, 0.15) is 35.5 Å². The Kier molecular flexibility index (Phi) is 4.02. The Bertz CT molecular complexity index is 596. The van der Waals surface area contributed by atoms with Crippen molar-refractivity contribution in [1.82, 2.24) is 5.32 Å². The summed E-state index contributed by atoms with van der Waals surface area (Å²) in [6.45, 7) is 5.89. The van der Waals surface area contributed by atoms with E-state index < -0.39 is 0 Å².